The quantitative estimate of drug-likeness (QED) is 0.451. The van der Waals surface area contributed by atoms with Crippen molar-refractivity contribution < 1.29 is 32.2 Å². The number of carbonyl (C=O) groups is 1. The third-order valence-electron chi connectivity index (χ3n) is 6.06. The highest BCUT2D eigenvalue weighted by Gasteiger charge is 2.32. The van der Waals surface area contributed by atoms with Gasteiger partial charge in [-0.3, -0.25) is 14.2 Å². The molecule has 2 aromatic rings. The molecule has 1 aliphatic heterocycles. The Kier molecular flexibility index (Phi) is 9.05. The molecular weight excluding hydrogens is 475 g/mol. The summed E-state index contributed by atoms with van der Waals surface area (Å²) < 4.78 is 60.8. The number of rotatable bonds is 9. The Morgan fingerprint density at radius 1 is 1.19 bits per heavy atom. The Labute approximate surface area is 209 Å². The van der Waals surface area contributed by atoms with Crippen LogP contribution in [-0.2, 0) is 34.7 Å². The van der Waals surface area contributed by atoms with E-state index >= 15 is 0 Å². The van der Waals surface area contributed by atoms with Gasteiger partial charge in [0.2, 0.25) is 0 Å². The molecule has 1 aliphatic rings. The molecule has 1 aromatic carbocycles. The fourth-order valence-corrected chi connectivity index (χ4v) is 4.21. The lowest BCUT2D eigenvalue weighted by Crippen LogP contribution is -2.30. The summed E-state index contributed by atoms with van der Waals surface area (Å²) in [5.74, 6) is -0.737. The Hall–Kier alpha value is -2.59. The zero-order valence-corrected chi connectivity index (χ0v) is 21.7. The average Bonchev–Trinajstić information content (AvgIpc) is 3.42. The molecule has 1 saturated heterocycles. The first-order chi connectivity index (χ1) is 16.9. The second-order valence-electron chi connectivity index (χ2n) is 9.90. The van der Waals surface area contributed by atoms with Gasteiger partial charge in [0.25, 0.3) is 5.91 Å². The van der Waals surface area contributed by atoms with Crippen LogP contribution in [0.1, 0.15) is 68.6 Å². The van der Waals surface area contributed by atoms with E-state index in [9.17, 15) is 18.0 Å². The number of amides is 1. The van der Waals surface area contributed by atoms with Crippen LogP contribution >= 0.6 is 0 Å². The SMILES string of the molecule is CCOCCCOc1ccc(C(F)(F)F)cc1C(=O)N=c1cc(C(C)(C)C)n(C)n1C[C@H]1CCCO1. The molecule has 10 heteroatoms. The lowest BCUT2D eigenvalue weighted by Gasteiger charge is -2.21. The highest BCUT2D eigenvalue weighted by molar-refractivity contribution is 5.97. The van der Waals surface area contributed by atoms with Gasteiger partial charge in [0.05, 0.1) is 30.4 Å². The largest absolute Gasteiger partial charge is 0.493 e. The molecule has 0 bridgehead atoms. The molecule has 1 aromatic heterocycles. The predicted octanol–water partition coefficient (Wildman–Crippen LogP) is 4.87. The second kappa shape index (κ2) is 11.6. The van der Waals surface area contributed by atoms with Gasteiger partial charge in [-0.25, -0.2) is 0 Å². The van der Waals surface area contributed by atoms with Gasteiger partial charge in [-0.05, 0) is 38.0 Å². The molecule has 7 nitrogen and oxygen atoms in total. The topological polar surface area (TPSA) is 67.0 Å². The monoisotopic (exact) mass is 511 g/mol. The molecule has 0 saturated carbocycles. The molecule has 0 N–H and O–H groups in total. The highest BCUT2D eigenvalue weighted by atomic mass is 19.4. The molecule has 36 heavy (non-hydrogen) atoms. The van der Waals surface area contributed by atoms with Gasteiger partial charge in [0.15, 0.2) is 5.49 Å². The van der Waals surface area contributed by atoms with Crippen LogP contribution < -0.4 is 10.2 Å². The van der Waals surface area contributed by atoms with E-state index in [2.05, 4.69) is 4.99 Å². The van der Waals surface area contributed by atoms with Crippen LogP contribution in [0.3, 0.4) is 0 Å². The number of benzene rings is 1. The summed E-state index contributed by atoms with van der Waals surface area (Å²) in [6.45, 7) is 10.4. The van der Waals surface area contributed by atoms with Gasteiger partial charge in [0.1, 0.15) is 5.75 Å². The molecule has 0 aliphatic carbocycles. The van der Waals surface area contributed by atoms with E-state index < -0.39 is 17.6 Å². The van der Waals surface area contributed by atoms with E-state index in [4.69, 9.17) is 14.2 Å². The van der Waals surface area contributed by atoms with Crippen molar-refractivity contribution in [2.45, 2.75) is 71.2 Å². The first-order valence-electron chi connectivity index (χ1n) is 12.3. The summed E-state index contributed by atoms with van der Waals surface area (Å²) in [5, 5.41) is 0. The zero-order chi connectivity index (χ0) is 26.5. The van der Waals surface area contributed by atoms with E-state index in [0.717, 1.165) is 30.7 Å². The minimum atomic E-state index is -4.60. The predicted molar refractivity (Wildman–Crippen MR) is 129 cm³/mol. The lowest BCUT2D eigenvalue weighted by molar-refractivity contribution is -0.137. The maximum atomic E-state index is 13.4. The Balaban J connectivity index is 2.02. The Morgan fingerprint density at radius 3 is 2.56 bits per heavy atom. The van der Waals surface area contributed by atoms with Crippen LogP contribution in [0.4, 0.5) is 13.2 Å². The summed E-state index contributed by atoms with van der Waals surface area (Å²) in [6, 6.07) is 4.70. The lowest BCUT2D eigenvalue weighted by atomic mass is 9.92. The molecule has 200 valence electrons. The van der Waals surface area contributed by atoms with Crippen molar-refractivity contribution in [2.75, 3.05) is 26.4 Å². The molecule has 0 spiro atoms. The maximum absolute atomic E-state index is 13.4. The number of alkyl halides is 3. The first kappa shape index (κ1) is 28.0. The van der Waals surface area contributed by atoms with Crippen molar-refractivity contribution >= 4 is 5.91 Å². The third kappa shape index (κ3) is 7.00. The van der Waals surface area contributed by atoms with Crippen molar-refractivity contribution in [3.8, 4) is 5.75 Å². The number of aromatic nitrogens is 2. The van der Waals surface area contributed by atoms with E-state index in [0.29, 0.717) is 38.3 Å². The van der Waals surface area contributed by atoms with E-state index in [1.807, 2.05) is 50.2 Å². The number of carbonyl (C=O) groups excluding carboxylic acids is 1. The number of nitrogens with zero attached hydrogens (tertiary/aromatic N) is 3. The summed E-state index contributed by atoms with van der Waals surface area (Å²) in [5.41, 5.74) is -0.106. The van der Waals surface area contributed by atoms with Gasteiger partial charge in [-0.1, -0.05) is 20.8 Å². The van der Waals surface area contributed by atoms with Crippen molar-refractivity contribution in [3.63, 3.8) is 0 Å². The number of hydrogen-bond acceptors (Lipinski definition) is 4. The van der Waals surface area contributed by atoms with Crippen molar-refractivity contribution in [3.05, 3.63) is 46.6 Å². The van der Waals surface area contributed by atoms with Crippen LogP contribution in [0.2, 0.25) is 0 Å². The summed E-state index contributed by atoms with van der Waals surface area (Å²) in [4.78, 5) is 17.6. The molecule has 1 amide bonds. The number of ether oxygens (including phenoxy) is 3. The molecule has 2 heterocycles. The normalized spacial score (nSPS) is 17.1. The summed E-state index contributed by atoms with van der Waals surface area (Å²) >= 11 is 0. The summed E-state index contributed by atoms with van der Waals surface area (Å²) in [6.07, 6.45) is -2.23. The second-order valence-corrected chi connectivity index (χ2v) is 9.90. The van der Waals surface area contributed by atoms with Crippen LogP contribution in [0.25, 0.3) is 0 Å². The number of hydrogen-bond donors (Lipinski definition) is 0. The van der Waals surface area contributed by atoms with Crippen LogP contribution in [0.5, 0.6) is 5.75 Å². The third-order valence-corrected chi connectivity index (χ3v) is 6.06. The van der Waals surface area contributed by atoms with Crippen molar-refractivity contribution in [2.24, 2.45) is 12.0 Å². The molecular formula is C26H36F3N3O4. The fourth-order valence-electron chi connectivity index (χ4n) is 4.21. The highest BCUT2D eigenvalue weighted by Crippen LogP contribution is 2.33. The van der Waals surface area contributed by atoms with Gasteiger partial charge >= 0.3 is 6.18 Å². The van der Waals surface area contributed by atoms with Gasteiger partial charge < -0.3 is 14.2 Å². The van der Waals surface area contributed by atoms with Gasteiger partial charge in [-0.15, -0.1) is 0 Å². The van der Waals surface area contributed by atoms with E-state index in [-0.39, 0.29) is 29.4 Å². The van der Waals surface area contributed by atoms with Crippen LogP contribution in [0.15, 0.2) is 29.3 Å². The zero-order valence-electron chi connectivity index (χ0n) is 21.7. The van der Waals surface area contributed by atoms with Gasteiger partial charge in [0, 0.05) is 50.5 Å². The molecule has 1 fully saturated rings. The standard InChI is InChI=1S/C26H36F3N3O4/c1-6-34-12-8-14-36-21-11-10-18(26(27,28)29)15-20(21)24(33)30-23-16-22(25(2,3)4)31(5)32(23)17-19-9-7-13-35-19/h10-11,15-16,19H,6-9,12-14,17H2,1-5H3/t19-/m1/s1. The van der Waals surface area contributed by atoms with Crippen molar-refractivity contribution in [1.82, 2.24) is 9.36 Å². The average molecular weight is 512 g/mol. The van der Waals surface area contributed by atoms with Crippen molar-refractivity contribution in [1.29, 1.82) is 0 Å². The van der Waals surface area contributed by atoms with Gasteiger partial charge in [-0.2, -0.15) is 18.2 Å². The van der Waals surface area contributed by atoms with E-state index in [1.54, 1.807) is 0 Å². The smallest absolute Gasteiger partial charge is 0.416 e. The molecule has 1 atom stereocenters. The van der Waals surface area contributed by atoms with E-state index in [1.165, 1.54) is 6.07 Å². The molecule has 0 unspecified atom stereocenters. The Bertz CT molecular complexity index is 1110. The first-order valence-corrected chi connectivity index (χ1v) is 12.3. The minimum Gasteiger partial charge on any atom is -0.493 e. The maximum Gasteiger partial charge on any atom is 0.416 e. The van der Waals surface area contributed by atoms with Crippen LogP contribution in [-0.4, -0.2) is 47.8 Å². The number of halogens is 3. The summed E-state index contributed by atoms with van der Waals surface area (Å²) in [7, 11) is 1.89. The Morgan fingerprint density at radius 2 is 1.94 bits per heavy atom. The molecule has 3 rings (SSSR count). The minimum absolute atomic E-state index is 0.0155. The van der Waals surface area contributed by atoms with Crippen LogP contribution in [0, 0.1) is 0 Å². The fraction of sp³-hybridized carbons (Fsp3) is 0.615. The molecule has 0 radical (unpaired) electrons.